The van der Waals surface area contributed by atoms with Crippen molar-refractivity contribution in [2.45, 2.75) is 132 Å². The first kappa shape index (κ1) is 45.7. The first-order valence-corrected chi connectivity index (χ1v) is 25.8. The lowest BCUT2D eigenvalue weighted by molar-refractivity contribution is -0.328. The maximum atomic E-state index is 15.4. The van der Waals surface area contributed by atoms with Gasteiger partial charge < -0.3 is 59.3 Å². The minimum Gasteiger partial charge on any atom is -0.506 e. The standard InChI is InChI=1S/C58H59N3O11/c1-68-53-37-17-16-33-23-32-9-6-13-35(32)47-46(33)48(37)50-52(65)49(47)43(63)27-61-26-41-31(8-5-14-36(41)56(61)66)10-7-21-69-55-51(64)45-28-70-44(20-18-38(53)54(50)72-57(71-45)58(55,67)29-62)40-25-60-42-19-15-30(22-39(40)42)24-59-34-11-3-2-4-12-34/h5,8,14-15,18-20,22-23,25,32,34-35,44-45,51,55,57,59-60,62,64-65,67H,2-4,6,9-13,16-17,24,26-29H2,1H3. The summed E-state index contributed by atoms with van der Waals surface area (Å²) in [6.07, 6.45) is 13.9. The second kappa shape index (κ2) is 17.8. The van der Waals surface area contributed by atoms with Crippen LogP contribution in [0.5, 0.6) is 17.2 Å². The van der Waals surface area contributed by atoms with Crippen molar-refractivity contribution in [3.8, 4) is 29.3 Å². The Morgan fingerprint density at radius 2 is 1.88 bits per heavy atom. The molecule has 4 aliphatic carbocycles. The van der Waals surface area contributed by atoms with Crippen molar-refractivity contribution < 1.29 is 53.7 Å². The molecular formula is C58H59N3O11. The van der Waals surface area contributed by atoms with Gasteiger partial charge in [0.2, 0.25) is 6.29 Å². The van der Waals surface area contributed by atoms with Gasteiger partial charge in [-0.15, -0.1) is 0 Å². The third kappa shape index (κ3) is 7.14. The van der Waals surface area contributed by atoms with E-state index in [1.165, 1.54) is 37.0 Å². The Labute approximate surface area is 416 Å². The summed E-state index contributed by atoms with van der Waals surface area (Å²) in [5.74, 6) is 2.61. The average Bonchev–Trinajstić information content (AvgIpc) is 4.13. The Bertz CT molecular complexity index is 3210. The van der Waals surface area contributed by atoms with Crippen molar-refractivity contribution in [1.29, 1.82) is 0 Å². The molecular weight excluding hydrogens is 915 g/mol. The molecule has 14 heteroatoms. The Morgan fingerprint density at radius 3 is 2.72 bits per heavy atom. The number of rotatable bonds is 6. The molecule has 4 aromatic carbocycles. The number of phenols is 1. The van der Waals surface area contributed by atoms with Gasteiger partial charge in [-0.2, -0.15) is 0 Å². The van der Waals surface area contributed by atoms with E-state index in [1.807, 2.05) is 24.4 Å². The van der Waals surface area contributed by atoms with Crippen molar-refractivity contribution in [1.82, 2.24) is 15.2 Å². The molecule has 8 bridgehead atoms. The van der Waals surface area contributed by atoms with Crippen molar-refractivity contribution in [2.24, 2.45) is 5.92 Å². The van der Waals surface area contributed by atoms with E-state index in [2.05, 4.69) is 46.6 Å². The summed E-state index contributed by atoms with van der Waals surface area (Å²) in [5.41, 5.74) is 6.40. The summed E-state index contributed by atoms with van der Waals surface area (Å²) in [6.45, 7) is -0.610. The highest BCUT2D eigenvalue weighted by molar-refractivity contribution is 6.17. The van der Waals surface area contributed by atoms with Crippen molar-refractivity contribution in [3.63, 3.8) is 0 Å². The molecule has 5 heterocycles. The maximum Gasteiger partial charge on any atom is 0.254 e. The van der Waals surface area contributed by atoms with Gasteiger partial charge in [0.15, 0.2) is 17.5 Å². The quantitative estimate of drug-likeness (QED) is 0.0927. The number of aromatic hydroxyl groups is 1. The largest absolute Gasteiger partial charge is 0.506 e. The van der Waals surface area contributed by atoms with Gasteiger partial charge in [-0.05, 0) is 108 Å². The zero-order chi connectivity index (χ0) is 49.0. The lowest BCUT2D eigenvalue weighted by atomic mass is 9.69. The number of Topliss-reactive ketones (excluding diaryl/α,β-unsaturated/α-hetero) is 1. The normalized spacial score (nSPS) is 28.6. The Morgan fingerprint density at radius 1 is 1.00 bits per heavy atom. The lowest BCUT2D eigenvalue weighted by Gasteiger charge is -2.47. The molecule has 14 nitrogen and oxygen atoms in total. The number of allylic oxidation sites excluding steroid dienone is 2. The number of H-pyrrole nitrogens is 1. The number of amides is 1. The number of hydrogen-bond donors (Lipinski definition) is 6. The van der Waals surface area contributed by atoms with Crippen molar-refractivity contribution in [3.05, 3.63) is 110 Å². The van der Waals surface area contributed by atoms with E-state index in [-0.39, 0.29) is 66.3 Å². The van der Waals surface area contributed by atoms with Gasteiger partial charge in [-0.25, -0.2) is 0 Å². The maximum absolute atomic E-state index is 15.4. The number of nitrogens with zero attached hydrogens (tertiary/aromatic N) is 1. The third-order valence-corrected chi connectivity index (χ3v) is 17.2. The van der Waals surface area contributed by atoms with Gasteiger partial charge in [0, 0.05) is 64.7 Å². The number of hydrogen-bond acceptors (Lipinski definition) is 12. The predicted octanol–water partition coefficient (Wildman–Crippen LogP) is 7.40. The van der Waals surface area contributed by atoms with Crippen LogP contribution in [0, 0.1) is 17.9 Å². The van der Waals surface area contributed by atoms with Crippen LogP contribution in [0.1, 0.15) is 135 Å². The van der Waals surface area contributed by atoms with E-state index in [0.717, 1.165) is 74.7 Å². The van der Waals surface area contributed by atoms with Crippen LogP contribution in [0.4, 0.5) is 0 Å². The molecule has 8 atom stereocenters. The van der Waals surface area contributed by atoms with E-state index < -0.39 is 48.7 Å². The van der Waals surface area contributed by atoms with Crippen LogP contribution in [0.3, 0.4) is 0 Å². The number of fused-ring (bicyclic) bond motifs is 8. The number of ether oxygens (including phenoxy) is 5. The van der Waals surface area contributed by atoms with E-state index in [1.54, 1.807) is 19.2 Å². The molecule has 372 valence electrons. The molecule has 4 aliphatic heterocycles. The number of aryl methyl sites for hydroxylation is 1. The second-order valence-corrected chi connectivity index (χ2v) is 21.1. The fourth-order valence-corrected chi connectivity index (χ4v) is 13.5. The molecule has 13 rings (SSSR count). The van der Waals surface area contributed by atoms with Gasteiger partial charge in [0.25, 0.3) is 5.91 Å². The summed E-state index contributed by atoms with van der Waals surface area (Å²) < 4.78 is 33.0. The number of ketones is 1. The van der Waals surface area contributed by atoms with Gasteiger partial charge in [-0.1, -0.05) is 62.0 Å². The summed E-state index contributed by atoms with van der Waals surface area (Å²) in [5, 5.41) is 55.1. The van der Waals surface area contributed by atoms with Crippen molar-refractivity contribution in [2.75, 3.05) is 26.9 Å². The van der Waals surface area contributed by atoms with Crippen LogP contribution < -0.4 is 14.8 Å². The zero-order valence-electron chi connectivity index (χ0n) is 40.3. The number of nitrogens with one attached hydrogen (secondary N) is 2. The van der Waals surface area contributed by atoms with Crippen LogP contribution in [-0.4, -0.2) is 105 Å². The van der Waals surface area contributed by atoms with Crippen LogP contribution >= 0.6 is 0 Å². The van der Waals surface area contributed by atoms with Crippen LogP contribution in [0.25, 0.3) is 33.3 Å². The average molecular weight is 974 g/mol. The Balaban J connectivity index is 1.04. The summed E-state index contributed by atoms with van der Waals surface area (Å²) in [7, 11) is 1.59. The van der Waals surface area contributed by atoms with E-state index in [4.69, 9.17) is 23.7 Å². The number of aromatic nitrogens is 1. The highest BCUT2D eigenvalue weighted by Gasteiger charge is 2.59. The molecule has 3 fully saturated rings. The Kier molecular flexibility index (Phi) is 11.3. The van der Waals surface area contributed by atoms with E-state index in [0.29, 0.717) is 47.7 Å². The van der Waals surface area contributed by atoms with E-state index in [9.17, 15) is 25.2 Å². The number of aliphatic hydroxyl groups is 3. The van der Waals surface area contributed by atoms with Gasteiger partial charge in [-0.3, -0.25) is 9.59 Å². The number of methoxy groups -OCH3 is 1. The molecule has 6 N–H and O–H groups in total. The van der Waals surface area contributed by atoms with Crippen molar-refractivity contribution >= 4 is 45.0 Å². The smallest absolute Gasteiger partial charge is 0.254 e. The SMILES string of the molecule is COc1c2c3c4c(O)c(c5c6c4c1CCC6=CC1CCCC51)C(=O)CN1Cc4c(cccc4C1=O)CC#COC1C(O)C(COC(c4c[nH]c5ccc(CNC6CCCCC6)cc45)C=C2)OC(O3)C1(O)CO. The molecule has 8 aliphatic rings. The topological polar surface area (TPSA) is 192 Å². The molecule has 5 aromatic rings. The van der Waals surface area contributed by atoms with Gasteiger partial charge in [0.05, 0.1) is 43.4 Å². The first-order valence-electron chi connectivity index (χ1n) is 25.8. The molecule has 1 saturated heterocycles. The molecule has 1 aromatic heterocycles. The molecule has 1 amide bonds. The number of carbonyl (C=O) groups excluding carboxylic acids is 2. The summed E-state index contributed by atoms with van der Waals surface area (Å²) in [4.78, 5) is 34.5. The van der Waals surface area contributed by atoms with Gasteiger partial charge in [0.1, 0.15) is 41.7 Å². The monoisotopic (exact) mass is 973 g/mol. The molecule has 2 saturated carbocycles. The zero-order valence-corrected chi connectivity index (χ0v) is 40.3. The fourth-order valence-electron chi connectivity index (χ4n) is 13.5. The fraction of sp³-hybridized carbons (Fsp3) is 0.448. The minimum atomic E-state index is -2.45. The third-order valence-electron chi connectivity index (χ3n) is 17.2. The predicted molar refractivity (Wildman–Crippen MR) is 267 cm³/mol. The number of aromatic amines is 1. The second-order valence-electron chi connectivity index (χ2n) is 21.1. The first-order chi connectivity index (χ1) is 35.1. The molecule has 72 heavy (non-hydrogen) atoms. The number of aliphatic hydroxyl groups excluding tert-OH is 2. The summed E-state index contributed by atoms with van der Waals surface area (Å²) in [6, 6.07) is 12.2. The van der Waals surface area contributed by atoms with Crippen LogP contribution in [0.15, 0.2) is 54.7 Å². The minimum absolute atomic E-state index is 0.0221. The van der Waals surface area contributed by atoms with Gasteiger partial charge >= 0.3 is 0 Å². The lowest BCUT2D eigenvalue weighted by Crippen LogP contribution is -2.70. The highest BCUT2D eigenvalue weighted by atomic mass is 16.7. The number of benzene rings is 4. The van der Waals surface area contributed by atoms with E-state index >= 15 is 4.79 Å². The highest BCUT2D eigenvalue weighted by Crippen LogP contribution is 2.60. The van der Waals surface area contributed by atoms with Crippen LogP contribution in [-0.2, 0) is 40.1 Å². The van der Waals surface area contributed by atoms with Crippen LogP contribution in [0.2, 0.25) is 0 Å². The molecule has 8 unspecified atom stereocenters. The molecule has 0 radical (unpaired) electrons. The number of carbonyl (C=O) groups is 2. The number of phenolic OH excluding ortho intramolecular Hbond substituents is 1. The molecule has 0 spiro atoms. The summed E-state index contributed by atoms with van der Waals surface area (Å²) >= 11 is 0. The Hall–Kier alpha value is -6.18.